The molecule has 1 atom stereocenters. The third kappa shape index (κ3) is 2.32. The molecule has 0 unspecified atom stereocenters. The highest BCUT2D eigenvalue weighted by Crippen LogP contribution is 2.29. The zero-order valence-electron chi connectivity index (χ0n) is 7.66. The van der Waals surface area contributed by atoms with Crippen LogP contribution in [0, 0.1) is 0 Å². The summed E-state index contributed by atoms with van der Waals surface area (Å²) in [5.41, 5.74) is 1.17. The third-order valence-corrected chi connectivity index (χ3v) is 2.74. The molecule has 0 radical (unpaired) electrons. The van der Waals surface area contributed by atoms with E-state index >= 15 is 0 Å². The van der Waals surface area contributed by atoms with Crippen LogP contribution in [0.4, 0.5) is 0 Å². The standard InChI is InChI=1S/C10H12ClNO.ClH/c11-8-6-7(3-4-10(8)13)9-2-1-5-12-9;/h3-4,6,9,12-13H,1-2,5H2;1H/t9-;/m0./s1. The zero-order valence-corrected chi connectivity index (χ0v) is 9.24. The van der Waals surface area contributed by atoms with Crippen LogP contribution in [0.15, 0.2) is 18.2 Å². The lowest BCUT2D eigenvalue weighted by molar-refractivity contribution is 0.475. The molecule has 2 N–H and O–H groups in total. The monoisotopic (exact) mass is 233 g/mol. The van der Waals surface area contributed by atoms with E-state index in [1.807, 2.05) is 12.1 Å². The van der Waals surface area contributed by atoms with Crippen molar-refractivity contribution in [1.29, 1.82) is 0 Å². The molecule has 1 aliphatic heterocycles. The number of halogens is 2. The van der Waals surface area contributed by atoms with Crippen LogP contribution in [-0.2, 0) is 0 Å². The van der Waals surface area contributed by atoms with E-state index in [0.29, 0.717) is 11.1 Å². The van der Waals surface area contributed by atoms with Gasteiger partial charge in [0.15, 0.2) is 0 Å². The summed E-state index contributed by atoms with van der Waals surface area (Å²) in [5, 5.41) is 13.0. The molecular formula is C10H13Cl2NO. The van der Waals surface area contributed by atoms with E-state index in [9.17, 15) is 5.11 Å². The van der Waals surface area contributed by atoms with E-state index in [1.54, 1.807) is 6.07 Å². The first-order valence-electron chi connectivity index (χ1n) is 4.49. The topological polar surface area (TPSA) is 32.3 Å². The van der Waals surface area contributed by atoms with Gasteiger partial charge in [-0.25, -0.2) is 0 Å². The smallest absolute Gasteiger partial charge is 0.134 e. The molecule has 2 nitrogen and oxygen atoms in total. The SMILES string of the molecule is Cl.Oc1ccc([C@@H]2CCCN2)cc1Cl. The molecule has 1 fully saturated rings. The largest absolute Gasteiger partial charge is 0.506 e. The number of hydrogen-bond donors (Lipinski definition) is 2. The fourth-order valence-corrected chi connectivity index (χ4v) is 1.90. The van der Waals surface area contributed by atoms with Crippen molar-refractivity contribution in [2.75, 3.05) is 6.54 Å². The van der Waals surface area contributed by atoms with E-state index < -0.39 is 0 Å². The van der Waals surface area contributed by atoms with Crippen molar-refractivity contribution in [2.45, 2.75) is 18.9 Å². The average Bonchev–Trinajstić information content (AvgIpc) is 2.62. The normalized spacial score (nSPS) is 20.5. The molecule has 0 amide bonds. The molecule has 0 aromatic heterocycles. The van der Waals surface area contributed by atoms with Gasteiger partial charge in [0.05, 0.1) is 5.02 Å². The molecule has 1 aromatic carbocycles. The molecule has 14 heavy (non-hydrogen) atoms. The van der Waals surface area contributed by atoms with Crippen molar-refractivity contribution in [1.82, 2.24) is 5.32 Å². The first-order valence-corrected chi connectivity index (χ1v) is 4.87. The maximum absolute atomic E-state index is 9.23. The van der Waals surface area contributed by atoms with Crippen molar-refractivity contribution in [3.63, 3.8) is 0 Å². The van der Waals surface area contributed by atoms with Gasteiger partial charge in [-0.15, -0.1) is 12.4 Å². The van der Waals surface area contributed by atoms with Gasteiger partial charge in [-0.3, -0.25) is 0 Å². The molecule has 1 saturated heterocycles. The fraction of sp³-hybridized carbons (Fsp3) is 0.400. The van der Waals surface area contributed by atoms with Crippen molar-refractivity contribution in [3.05, 3.63) is 28.8 Å². The Labute approximate surface area is 94.7 Å². The minimum absolute atomic E-state index is 0. The summed E-state index contributed by atoms with van der Waals surface area (Å²) in [5.74, 6) is 0.156. The number of hydrogen-bond acceptors (Lipinski definition) is 2. The van der Waals surface area contributed by atoms with E-state index in [1.165, 1.54) is 12.0 Å². The molecule has 4 heteroatoms. The van der Waals surface area contributed by atoms with Gasteiger partial charge in [0.25, 0.3) is 0 Å². The Balaban J connectivity index is 0.000000980. The number of benzene rings is 1. The highest BCUT2D eigenvalue weighted by Gasteiger charge is 2.16. The molecule has 2 rings (SSSR count). The summed E-state index contributed by atoms with van der Waals surface area (Å²) in [4.78, 5) is 0. The van der Waals surface area contributed by atoms with Gasteiger partial charge in [-0.1, -0.05) is 17.7 Å². The van der Waals surface area contributed by atoms with Crippen LogP contribution in [0.2, 0.25) is 5.02 Å². The van der Waals surface area contributed by atoms with Crippen LogP contribution in [0.5, 0.6) is 5.75 Å². The summed E-state index contributed by atoms with van der Waals surface area (Å²) in [6.45, 7) is 1.07. The third-order valence-electron chi connectivity index (χ3n) is 2.43. The van der Waals surface area contributed by atoms with E-state index in [2.05, 4.69) is 5.32 Å². The minimum Gasteiger partial charge on any atom is -0.506 e. The highest BCUT2D eigenvalue weighted by molar-refractivity contribution is 6.32. The maximum atomic E-state index is 9.23. The Morgan fingerprint density at radius 3 is 2.79 bits per heavy atom. The van der Waals surface area contributed by atoms with Crippen LogP contribution >= 0.6 is 24.0 Å². The van der Waals surface area contributed by atoms with Crippen molar-refractivity contribution < 1.29 is 5.11 Å². The molecule has 1 heterocycles. The van der Waals surface area contributed by atoms with Gasteiger partial charge >= 0.3 is 0 Å². The van der Waals surface area contributed by atoms with Crippen molar-refractivity contribution in [2.24, 2.45) is 0 Å². The number of aromatic hydroxyl groups is 1. The summed E-state index contributed by atoms with van der Waals surface area (Å²) < 4.78 is 0. The van der Waals surface area contributed by atoms with Gasteiger partial charge in [-0.05, 0) is 37.1 Å². The Morgan fingerprint density at radius 1 is 1.43 bits per heavy atom. The predicted molar refractivity (Wildman–Crippen MR) is 60.3 cm³/mol. The molecule has 0 bridgehead atoms. The maximum Gasteiger partial charge on any atom is 0.134 e. The molecule has 0 aliphatic carbocycles. The number of phenolic OH excluding ortho intramolecular Hbond substituents is 1. The van der Waals surface area contributed by atoms with Gasteiger partial charge < -0.3 is 10.4 Å². The van der Waals surface area contributed by atoms with Gasteiger partial charge in [0.1, 0.15) is 5.75 Å². The Morgan fingerprint density at radius 2 is 2.21 bits per heavy atom. The first-order chi connectivity index (χ1) is 6.27. The number of rotatable bonds is 1. The quantitative estimate of drug-likeness (QED) is 0.783. The average molecular weight is 234 g/mol. The second-order valence-electron chi connectivity index (χ2n) is 3.36. The first kappa shape index (κ1) is 11.6. The summed E-state index contributed by atoms with van der Waals surface area (Å²) in [6.07, 6.45) is 2.37. The Kier molecular flexibility index (Phi) is 4.05. The predicted octanol–water partition coefficient (Wildman–Crippen LogP) is 2.89. The second kappa shape index (κ2) is 4.87. The van der Waals surface area contributed by atoms with Crippen LogP contribution < -0.4 is 5.32 Å². The Bertz CT molecular complexity index is 311. The lowest BCUT2D eigenvalue weighted by atomic mass is 10.1. The van der Waals surface area contributed by atoms with E-state index in [4.69, 9.17) is 11.6 Å². The molecule has 1 aliphatic rings. The second-order valence-corrected chi connectivity index (χ2v) is 3.77. The minimum atomic E-state index is 0. The van der Waals surface area contributed by atoms with E-state index in [0.717, 1.165) is 13.0 Å². The fourth-order valence-electron chi connectivity index (χ4n) is 1.71. The molecule has 78 valence electrons. The molecule has 1 aromatic rings. The van der Waals surface area contributed by atoms with Crippen molar-refractivity contribution >= 4 is 24.0 Å². The van der Waals surface area contributed by atoms with Crippen LogP contribution in [0.25, 0.3) is 0 Å². The summed E-state index contributed by atoms with van der Waals surface area (Å²) in [6, 6.07) is 5.82. The Hall–Kier alpha value is -0.440. The van der Waals surface area contributed by atoms with Crippen LogP contribution in [0.3, 0.4) is 0 Å². The van der Waals surface area contributed by atoms with Gasteiger partial charge in [0, 0.05) is 6.04 Å². The van der Waals surface area contributed by atoms with Crippen LogP contribution in [-0.4, -0.2) is 11.7 Å². The highest BCUT2D eigenvalue weighted by atomic mass is 35.5. The molecular weight excluding hydrogens is 221 g/mol. The molecule has 0 saturated carbocycles. The molecule has 0 spiro atoms. The van der Waals surface area contributed by atoms with Gasteiger partial charge in [-0.2, -0.15) is 0 Å². The summed E-state index contributed by atoms with van der Waals surface area (Å²) >= 11 is 5.81. The van der Waals surface area contributed by atoms with Crippen molar-refractivity contribution in [3.8, 4) is 5.75 Å². The lowest BCUT2D eigenvalue weighted by Crippen LogP contribution is -2.12. The number of nitrogens with one attached hydrogen (secondary N) is 1. The zero-order chi connectivity index (χ0) is 9.26. The van der Waals surface area contributed by atoms with Crippen LogP contribution in [0.1, 0.15) is 24.4 Å². The lowest BCUT2D eigenvalue weighted by Gasteiger charge is -2.10. The van der Waals surface area contributed by atoms with E-state index in [-0.39, 0.29) is 18.2 Å². The van der Waals surface area contributed by atoms with Gasteiger partial charge in [0.2, 0.25) is 0 Å². The number of phenols is 1. The summed E-state index contributed by atoms with van der Waals surface area (Å²) in [7, 11) is 0.